The fourth-order valence-corrected chi connectivity index (χ4v) is 7.63. The number of anilines is 2. The number of aryl methyl sites for hydroxylation is 3. The van der Waals surface area contributed by atoms with Crippen LogP contribution in [0.3, 0.4) is 0 Å². The van der Waals surface area contributed by atoms with Gasteiger partial charge in [-0.15, -0.1) is 0 Å². The van der Waals surface area contributed by atoms with Crippen molar-refractivity contribution in [1.82, 2.24) is 14.1 Å². The fourth-order valence-electron chi connectivity index (χ4n) is 5.65. The number of sulfonamides is 1. The van der Waals surface area contributed by atoms with Crippen LogP contribution in [0.15, 0.2) is 71.6 Å². The molecule has 2 amide bonds. The Morgan fingerprint density at radius 2 is 1.60 bits per heavy atom. The summed E-state index contributed by atoms with van der Waals surface area (Å²) in [6.45, 7) is 12.8. The summed E-state index contributed by atoms with van der Waals surface area (Å²) in [7, 11) is -3.61. The number of nitrogens with one attached hydrogen (secondary N) is 2. The molecule has 45 heavy (non-hydrogen) atoms. The molecule has 0 unspecified atom stereocenters. The third kappa shape index (κ3) is 7.43. The van der Waals surface area contributed by atoms with Crippen molar-refractivity contribution in [2.24, 2.45) is 5.92 Å². The van der Waals surface area contributed by atoms with Gasteiger partial charge in [0, 0.05) is 35.3 Å². The van der Waals surface area contributed by atoms with Crippen molar-refractivity contribution >= 4 is 39.2 Å². The predicted octanol–water partition coefficient (Wildman–Crippen LogP) is 8.04. The highest BCUT2D eigenvalue weighted by Crippen LogP contribution is 2.32. The SMILES string of the molecule is Cc1ccc(-n2nc(C(C)(C)C)cc2NC(=O)Nc2ccccc2CC2CCN(S(=O)(=O)c3cc(C)c(Cl)cc3C)CC2)cc1. The number of amides is 2. The number of halogens is 1. The molecule has 0 atom stereocenters. The second kappa shape index (κ2) is 13.0. The molecule has 10 heteroatoms. The second-order valence-electron chi connectivity index (χ2n) is 13.1. The Morgan fingerprint density at radius 3 is 2.27 bits per heavy atom. The van der Waals surface area contributed by atoms with E-state index in [-0.39, 0.29) is 17.4 Å². The number of carbonyl (C=O) groups is 1. The van der Waals surface area contributed by atoms with E-state index in [1.807, 2.05) is 68.4 Å². The van der Waals surface area contributed by atoms with Crippen LogP contribution in [-0.4, -0.2) is 41.6 Å². The molecule has 0 spiro atoms. The first-order valence-corrected chi connectivity index (χ1v) is 17.1. The van der Waals surface area contributed by atoms with E-state index in [2.05, 4.69) is 31.4 Å². The monoisotopic (exact) mass is 647 g/mol. The van der Waals surface area contributed by atoms with E-state index in [9.17, 15) is 13.2 Å². The van der Waals surface area contributed by atoms with Gasteiger partial charge in [0.25, 0.3) is 0 Å². The molecule has 238 valence electrons. The number of nitrogens with zero attached hydrogens (tertiary/aromatic N) is 3. The highest BCUT2D eigenvalue weighted by molar-refractivity contribution is 7.89. The van der Waals surface area contributed by atoms with Gasteiger partial charge in [-0.05, 0) is 93.0 Å². The summed E-state index contributed by atoms with van der Waals surface area (Å²) in [5, 5.41) is 11.4. The van der Waals surface area contributed by atoms with Crippen molar-refractivity contribution in [2.45, 2.75) is 71.1 Å². The Morgan fingerprint density at radius 1 is 0.933 bits per heavy atom. The first-order valence-electron chi connectivity index (χ1n) is 15.3. The van der Waals surface area contributed by atoms with Crippen LogP contribution in [0, 0.1) is 26.7 Å². The average Bonchev–Trinajstić information content (AvgIpc) is 3.41. The number of carbonyl (C=O) groups excluding carboxylic acids is 1. The van der Waals surface area contributed by atoms with Crippen LogP contribution in [0.1, 0.15) is 61.6 Å². The molecule has 0 saturated carbocycles. The molecule has 1 aliphatic heterocycles. The van der Waals surface area contributed by atoms with Crippen molar-refractivity contribution in [3.63, 3.8) is 0 Å². The van der Waals surface area contributed by atoms with E-state index in [1.54, 1.807) is 28.0 Å². The summed E-state index contributed by atoms with van der Waals surface area (Å²) in [5.74, 6) is 0.867. The Hall–Kier alpha value is -3.66. The molecule has 1 aliphatic rings. The Kier molecular flexibility index (Phi) is 9.44. The van der Waals surface area contributed by atoms with E-state index in [1.165, 1.54) is 0 Å². The summed E-state index contributed by atoms with van der Waals surface area (Å²) in [6, 6.07) is 20.8. The van der Waals surface area contributed by atoms with Crippen LogP contribution in [-0.2, 0) is 21.9 Å². The molecule has 1 saturated heterocycles. The molecule has 0 aliphatic carbocycles. The molecule has 8 nitrogen and oxygen atoms in total. The van der Waals surface area contributed by atoms with Gasteiger partial charge in [0.05, 0.1) is 16.3 Å². The van der Waals surface area contributed by atoms with Gasteiger partial charge in [-0.2, -0.15) is 9.40 Å². The number of hydrogen-bond acceptors (Lipinski definition) is 4. The minimum Gasteiger partial charge on any atom is -0.307 e. The minimum atomic E-state index is -3.61. The smallest absolute Gasteiger partial charge is 0.307 e. The van der Waals surface area contributed by atoms with Crippen LogP contribution in [0.2, 0.25) is 5.02 Å². The summed E-state index contributed by atoms with van der Waals surface area (Å²) in [5.41, 5.74) is 5.83. The predicted molar refractivity (Wildman–Crippen MR) is 182 cm³/mol. The number of aromatic nitrogens is 2. The zero-order chi connectivity index (χ0) is 32.5. The zero-order valence-corrected chi connectivity index (χ0v) is 28.4. The highest BCUT2D eigenvalue weighted by Gasteiger charge is 2.31. The molecule has 2 N–H and O–H groups in total. The number of para-hydroxylation sites is 1. The van der Waals surface area contributed by atoms with E-state index in [0.29, 0.717) is 34.4 Å². The van der Waals surface area contributed by atoms with Gasteiger partial charge < -0.3 is 5.32 Å². The van der Waals surface area contributed by atoms with Gasteiger partial charge in [-0.3, -0.25) is 5.32 Å². The summed E-state index contributed by atoms with van der Waals surface area (Å²) >= 11 is 6.21. The van der Waals surface area contributed by atoms with Gasteiger partial charge in [-0.25, -0.2) is 17.9 Å². The molecule has 3 aromatic carbocycles. The lowest BCUT2D eigenvalue weighted by Crippen LogP contribution is -2.39. The quantitative estimate of drug-likeness (QED) is 0.212. The van der Waals surface area contributed by atoms with E-state index in [0.717, 1.165) is 53.0 Å². The molecule has 2 heterocycles. The maximum atomic E-state index is 13.5. The molecule has 1 aromatic heterocycles. The van der Waals surface area contributed by atoms with Gasteiger partial charge in [0.15, 0.2) is 0 Å². The number of hydrogen-bond donors (Lipinski definition) is 2. The van der Waals surface area contributed by atoms with Crippen molar-refractivity contribution in [1.29, 1.82) is 0 Å². The summed E-state index contributed by atoms with van der Waals surface area (Å²) in [6.07, 6.45) is 2.20. The van der Waals surface area contributed by atoms with Gasteiger partial charge in [-0.1, -0.05) is 68.3 Å². The maximum Gasteiger partial charge on any atom is 0.324 e. The van der Waals surface area contributed by atoms with Crippen molar-refractivity contribution in [3.05, 3.63) is 99.7 Å². The summed E-state index contributed by atoms with van der Waals surface area (Å²) in [4.78, 5) is 13.7. The summed E-state index contributed by atoms with van der Waals surface area (Å²) < 4.78 is 30.3. The number of piperidine rings is 1. The Balaban J connectivity index is 1.26. The first kappa shape index (κ1) is 32.7. The molecular weight excluding hydrogens is 606 g/mol. The number of benzene rings is 3. The first-order chi connectivity index (χ1) is 21.2. The molecule has 4 aromatic rings. The standard InChI is InChI=1S/C35H42ClN5O3S/c1-23-11-13-28(14-12-23)41-33(22-32(39-41)35(4,5)6)38-34(42)37-30-10-8-7-9-27(30)21-26-15-17-40(18-16-26)45(43,44)31-20-24(2)29(36)19-25(31)3/h7-14,19-20,22,26H,15-18,21H2,1-6H3,(H2,37,38,42). The fraction of sp³-hybridized carbons (Fsp3) is 0.371. The molecule has 1 fully saturated rings. The topological polar surface area (TPSA) is 96.3 Å². The minimum absolute atomic E-state index is 0.197. The van der Waals surface area contributed by atoms with Crippen molar-refractivity contribution in [2.75, 3.05) is 23.7 Å². The Labute approximate surface area is 271 Å². The van der Waals surface area contributed by atoms with Gasteiger partial charge >= 0.3 is 6.03 Å². The van der Waals surface area contributed by atoms with Crippen LogP contribution >= 0.6 is 11.6 Å². The Bertz CT molecular complexity index is 1800. The van der Waals surface area contributed by atoms with Crippen LogP contribution in [0.5, 0.6) is 0 Å². The third-order valence-corrected chi connectivity index (χ3v) is 10.9. The lowest BCUT2D eigenvalue weighted by atomic mass is 9.90. The molecule has 0 radical (unpaired) electrons. The van der Waals surface area contributed by atoms with E-state index < -0.39 is 10.0 Å². The van der Waals surface area contributed by atoms with Crippen molar-refractivity contribution < 1.29 is 13.2 Å². The zero-order valence-electron chi connectivity index (χ0n) is 26.8. The van der Waals surface area contributed by atoms with Crippen molar-refractivity contribution in [3.8, 4) is 5.69 Å². The molecule has 5 rings (SSSR count). The van der Waals surface area contributed by atoms with Crippen LogP contribution in [0.25, 0.3) is 5.69 Å². The average molecular weight is 648 g/mol. The number of rotatable bonds is 7. The largest absolute Gasteiger partial charge is 0.324 e. The van der Waals surface area contributed by atoms with E-state index >= 15 is 0 Å². The normalized spacial score (nSPS) is 14.8. The lowest BCUT2D eigenvalue weighted by molar-refractivity contribution is 0.261. The third-order valence-electron chi connectivity index (χ3n) is 8.42. The second-order valence-corrected chi connectivity index (χ2v) is 15.4. The maximum absolute atomic E-state index is 13.5. The van der Waals surface area contributed by atoms with Gasteiger partial charge in [0.1, 0.15) is 5.82 Å². The highest BCUT2D eigenvalue weighted by atomic mass is 35.5. The van der Waals surface area contributed by atoms with Crippen LogP contribution in [0.4, 0.5) is 16.3 Å². The molecular formula is C35H42ClN5O3S. The number of urea groups is 1. The van der Waals surface area contributed by atoms with Gasteiger partial charge in [0.2, 0.25) is 10.0 Å². The van der Waals surface area contributed by atoms with Crippen LogP contribution < -0.4 is 10.6 Å². The van der Waals surface area contributed by atoms with E-state index in [4.69, 9.17) is 16.7 Å². The lowest BCUT2D eigenvalue weighted by Gasteiger charge is -2.32. The molecule has 0 bridgehead atoms.